The molecule has 0 spiro atoms. The number of amides is 2. The maximum atomic E-state index is 12.5. The summed E-state index contributed by atoms with van der Waals surface area (Å²) in [4.78, 5) is 12.5. The van der Waals surface area contributed by atoms with Crippen molar-refractivity contribution in [2.24, 2.45) is 17.8 Å². The third-order valence-corrected chi connectivity index (χ3v) is 6.30. The minimum atomic E-state index is 0.0886. The first kappa shape index (κ1) is 13.9. The molecule has 4 nitrogen and oxygen atoms in total. The number of rotatable bonds is 2. The molecule has 1 atom stereocenters. The number of nitrogens with one attached hydrogen (secondary N) is 3. The summed E-state index contributed by atoms with van der Waals surface area (Å²) in [6.07, 6.45) is 11.5. The van der Waals surface area contributed by atoms with Crippen LogP contribution in [0.5, 0.6) is 0 Å². The average Bonchev–Trinajstić information content (AvgIpc) is 2.64. The van der Waals surface area contributed by atoms with Crippen molar-refractivity contribution in [2.75, 3.05) is 13.1 Å². The normalized spacial score (nSPS) is 45.1. The molecular formula is C17H29N3O. The van der Waals surface area contributed by atoms with Crippen molar-refractivity contribution >= 4 is 6.03 Å². The molecule has 4 aliphatic carbocycles. The first-order chi connectivity index (χ1) is 10.2. The van der Waals surface area contributed by atoms with Crippen LogP contribution < -0.4 is 16.0 Å². The van der Waals surface area contributed by atoms with Crippen LogP contribution in [-0.2, 0) is 0 Å². The summed E-state index contributed by atoms with van der Waals surface area (Å²) in [6.45, 7) is 2.02. The van der Waals surface area contributed by atoms with Crippen LogP contribution in [0.15, 0.2) is 0 Å². The molecular weight excluding hydrogens is 262 g/mol. The molecule has 21 heavy (non-hydrogen) atoms. The molecule has 5 fully saturated rings. The highest BCUT2D eigenvalue weighted by Gasteiger charge is 2.51. The van der Waals surface area contributed by atoms with Gasteiger partial charge >= 0.3 is 6.03 Å². The fraction of sp³-hybridized carbons (Fsp3) is 0.941. The second kappa shape index (κ2) is 5.45. The second-order valence-electron chi connectivity index (χ2n) is 8.19. The first-order valence-electron chi connectivity index (χ1n) is 9.00. The van der Waals surface area contributed by atoms with Crippen LogP contribution in [0.1, 0.15) is 57.8 Å². The van der Waals surface area contributed by atoms with E-state index in [-0.39, 0.29) is 11.6 Å². The van der Waals surface area contributed by atoms with E-state index in [1.165, 1.54) is 51.4 Å². The van der Waals surface area contributed by atoms with Gasteiger partial charge in [0.2, 0.25) is 0 Å². The molecule has 118 valence electrons. The van der Waals surface area contributed by atoms with Gasteiger partial charge in [-0.25, -0.2) is 4.79 Å². The SMILES string of the molecule is O=C(NC1CCCCNC1)NC12CC3CC(CC(C3)C1)C2. The van der Waals surface area contributed by atoms with E-state index in [0.717, 1.165) is 37.3 Å². The van der Waals surface area contributed by atoms with Crippen molar-refractivity contribution < 1.29 is 4.79 Å². The highest BCUT2D eigenvalue weighted by Crippen LogP contribution is 2.55. The van der Waals surface area contributed by atoms with Crippen molar-refractivity contribution in [2.45, 2.75) is 69.4 Å². The molecule has 5 rings (SSSR count). The van der Waals surface area contributed by atoms with E-state index in [1.807, 2.05) is 0 Å². The predicted molar refractivity (Wildman–Crippen MR) is 83.1 cm³/mol. The fourth-order valence-corrected chi connectivity index (χ4v) is 5.87. The largest absolute Gasteiger partial charge is 0.334 e. The van der Waals surface area contributed by atoms with Crippen molar-refractivity contribution in [1.82, 2.24) is 16.0 Å². The quantitative estimate of drug-likeness (QED) is 0.732. The van der Waals surface area contributed by atoms with Crippen LogP contribution in [0.25, 0.3) is 0 Å². The Morgan fingerprint density at radius 1 is 1.00 bits per heavy atom. The van der Waals surface area contributed by atoms with Gasteiger partial charge in [0.15, 0.2) is 0 Å². The van der Waals surface area contributed by atoms with Crippen molar-refractivity contribution in [1.29, 1.82) is 0 Å². The Labute approximate surface area is 127 Å². The summed E-state index contributed by atoms with van der Waals surface area (Å²) in [5, 5.41) is 10.1. The maximum absolute atomic E-state index is 12.5. The second-order valence-corrected chi connectivity index (χ2v) is 8.19. The summed E-state index contributed by atoms with van der Waals surface area (Å²) < 4.78 is 0. The summed E-state index contributed by atoms with van der Waals surface area (Å²) >= 11 is 0. The molecule has 0 aromatic rings. The van der Waals surface area contributed by atoms with Crippen LogP contribution in [0, 0.1) is 17.8 Å². The molecule has 5 aliphatic rings. The Hall–Kier alpha value is -0.770. The summed E-state index contributed by atoms with van der Waals surface area (Å²) in [6, 6.07) is 0.395. The lowest BCUT2D eigenvalue weighted by atomic mass is 9.53. The zero-order valence-corrected chi connectivity index (χ0v) is 13.0. The van der Waals surface area contributed by atoms with Crippen LogP contribution >= 0.6 is 0 Å². The maximum Gasteiger partial charge on any atom is 0.315 e. The molecule has 4 bridgehead atoms. The Morgan fingerprint density at radius 3 is 2.33 bits per heavy atom. The van der Waals surface area contributed by atoms with E-state index in [0.29, 0.717) is 6.04 Å². The lowest BCUT2D eigenvalue weighted by Crippen LogP contribution is -2.62. The van der Waals surface area contributed by atoms with E-state index < -0.39 is 0 Å². The third-order valence-electron chi connectivity index (χ3n) is 6.30. The number of carbonyl (C=O) groups excluding carboxylic acids is 1. The molecule has 0 aromatic carbocycles. The van der Waals surface area contributed by atoms with Crippen LogP contribution in [-0.4, -0.2) is 30.7 Å². The van der Waals surface area contributed by atoms with Gasteiger partial charge in [-0.05, 0) is 75.7 Å². The van der Waals surface area contributed by atoms with E-state index in [9.17, 15) is 4.79 Å². The highest BCUT2D eigenvalue weighted by atomic mass is 16.2. The highest BCUT2D eigenvalue weighted by molar-refractivity contribution is 5.75. The number of hydrogen-bond acceptors (Lipinski definition) is 2. The van der Waals surface area contributed by atoms with Gasteiger partial charge in [0.1, 0.15) is 0 Å². The Kier molecular flexibility index (Phi) is 3.60. The van der Waals surface area contributed by atoms with Crippen molar-refractivity contribution in [3.8, 4) is 0 Å². The van der Waals surface area contributed by atoms with Gasteiger partial charge in [-0.15, -0.1) is 0 Å². The van der Waals surface area contributed by atoms with Gasteiger partial charge in [-0.3, -0.25) is 0 Å². The summed E-state index contributed by atoms with van der Waals surface area (Å²) in [7, 11) is 0. The van der Waals surface area contributed by atoms with E-state index >= 15 is 0 Å². The zero-order valence-electron chi connectivity index (χ0n) is 13.0. The first-order valence-corrected chi connectivity index (χ1v) is 9.00. The standard InChI is InChI=1S/C17H29N3O/c21-16(19-15-3-1-2-4-18-11-15)20-17-8-12-5-13(9-17)7-14(6-12)10-17/h12-15,18H,1-11H2,(H2,19,20,21). The fourth-order valence-electron chi connectivity index (χ4n) is 5.87. The van der Waals surface area contributed by atoms with Gasteiger partial charge < -0.3 is 16.0 Å². The number of carbonyl (C=O) groups is 1. The Balaban J connectivity index is 1.35. The molecule has 2 amide bonds. The van der Waals surface area contributed by atoms with E-state index in [1.54, 1.807) is 0 Å². The molecule has 1 saturated heterocycles. The van der Waals surface area contributed by atoms with Crippen LogP contribution in [0.4, 0.5) is 4.79 Å². The topological polar surface area (TPSA) is 53.2 Å². The van der Waals surface area contributed by atoms with Gasteiger partial charge in [0.05, 0.1) is 0 Å². The number of urea groups is 1. The van der Waals surface area contributed by atoms with Gasteiger partial charge in [-0.1, -0.05) is 6.42 Å². The van der Waals surface area contributed by atoms with Crippen molar-refractivity contribution in [3.63, 3.8) is 0 Å². The molecule has 4 heteroatoms. The molecule has 3 N–H and O–H groups in total. The van der Waals surface area contributed by atoms with E-state index in [2.05, 4.69) is 16.0 Å². The Bertz CT molecular complexity index is 366. The minimum absolute atomic E-state index is 0.0886. The van der Waals surface area contributed by atoms with Gasteiger partial charge in [0, 0.05) is 18.1 Å². The third kappa shape index (κ3) is 2.92. The zero-order chi connectivity index (χ0) is 14.3. The number of hydrogen-bond donors (Lipinski definition) is 3. The lowest BCUT2D eigenvalue weighted by Gasteiger charge is -2.56. The van der Waals surface area contributed by atoms with E-state index in [4.69, 9.17) is 0 Å². The molecule has 1 aliphatic heterocycles. The van der Waals surface area contributed by atoms with Crippen LogP contribution in [0.3, 0.4) is 0 Å². The minimum Gasteiger partial charge on any atom is -0.334 e. The Morgan fingerprint density at radius 2 is 1.67 bits per heavy atom. The smallest absolute Gasteiger partial charge is 0.315 e. The summed E-state index contributed by atoms with van der Waals surface area (Å²) in [5.41, 5.74) is 0.136. The molecule has 0 aromatic heterocycles. The molecule has 1 unspecified atom stereocenters. The molecule has 0 radical (unpaired) electrons. The van der Waals surface area contributed by atoms with Gasteiger partial charge in [0.25, 0.3) is 0 Å². The summed E-state index contributed by atoms with van der Waals surface area (Å²) in [5.74, 6) is 2.66. The van der Waals surface area contributed by atoms with Crippen LogP contribution in [0.2, 0.25) is 0 Å². The molecule has 1 heterocycles. The monoisotopic (exact) mass is 291 g/mol. The average molecular weight is 291 g/mol. The predicted octanol–water partition coefficient (Wildman–Crippen LogP) is 2.40. The van der Waals surface area contributed by atoms with Gasteiger partial charge in [-0.2, -0.15) is 0 Å². The lowest BCUT2D eigenvalue weighted by molar-refractivity contribution is -0.0136. The molecule has 4 saturated carbocycles. The van der Waals surface area contributed by atoms with Crippen molar-refractivity contribution in [3.05, 3.63) is 0 Å².